The number of imidazole rings is 1. The molecule has 0 amide bonds. The maximum atomic E-state index is 9.13. The van der Waals surface area contributed by atoms with Gasteiger partial charge in [0.1, 0.15) is 5.52 Å². The van der Waals surface area contributed by atoms with E-state index in [0.717, 1.165) is 13.0 Å². The topological polar surface area (TPSA) is 89.8 Å². The lowest BCUT2D eigenvalue weighted by atomic mass is 10.0. The first-order chi connectivity index (χ1) is 9.17. The van der Waals surface area contributed by atoms with Gasteiger partial charge < -0.3 is 15.4 Å². The number of halogens is 1. The fourth-order valence-electron chi connectivity index (χ4n) is 2.44. The minimum absolute atomic E-state index is 0.148. The van der Waals surface area contributed by atoms with Crippen molar-refractivity contribution >= 4 is 28.7 Å². The van der Waals surface area contributed by atoms with Crippen LogP contribution in [0.25, 0.3) is 11.2 Å². The van der Waals surface area contributed by atoms with Gasteiger partial charge in [-0.2, -0.15) is 9.97 Å². The highest BCUT2D eigenvalue weighted by molar-refractivity contribution is 6.33. The number of aliphatic hydroxyl groups is 1. The predicted molar refractivity (Wildman–Crippen MR) is 72.6 cm³/mol. The summed E-state index contributed by atoms with van der Waals surface area (Å²) in [6.45, 7) is 0.939. The second-order valence-corrected chi connectivity index (χ2v) is 5.12. The zero-order valence-electron chi connectivity index (χ0n) is 10.2. The van der Waals surface area contributed by atoms with Crippen LogP contribution >= 0.6 is 11.6 Å². The molecule has 2 aromatic heterocycles. The van der Waals surface area contributed by atoms with E-state index in [-0.39, 0.29) is 23.6 Å². The van der Waals surface area contributed by atoms with Gasteiger partial charge in [0, 0.05) is 19.1 Å². The second-order valence-electron chi connectivity index (χ2n) is 4.77. The number of nitrogens with two attached hydrogens (primary N) is 1. The van der Waals surface area contributed by atoms with E-state index in [2.05, 4.69) is 27.1 Å². The third-order valence-corrected chi connectivity index (χ3v) is 3.63. The molecule has 6 nitrogen and oxygen atoms in total. The van der Waals surface area contributed by atoms with Gasteiger partial charge in [-0.3, -0.25) is 0 Å². The van der Waals surface area contributed by atoms with Crippen molar-refractivity contribution in [2.24, 2.45) is 11.8 Å². The van der Waals surface area contributed by atoms with Crippen molar-refractivity contribution in [2.45, 2.75) is 13.0 Å². The molecule has 3 N–H and O–H groups in total. The Labute approximate surface area is 114 Å². The molecule has 0 spiro atoms. The van der Waals surface area contributed by atoms with E-state index in [1.165, 1.54) is 0 Å². The highest BCUT2D eigenvalue weighted by atomic mass is 35.5. The summed E-state index contributed by atoms with van der Waals surface area (Å²) in [5.74, 6) is 0.766. The molecule has 1 aliphatic carbocycles. The summed E-state index contributed by atoms with van der Waals surface area (Å²) in [6.07, 6.45) is 6.81. The molecule has 0 radical (unpaired) electrons. The Balaban J connectivity index is 1.88. The van der Waals surface area contributed by atoms with Crippen molar-refractivity contribution in [3.63, 3.8) is 0 Å². The Morgan fingerprint density at radius 3 is 2.89 bits per heavy atom. The Morgan fingerprint density at radius 2 is 2.16 bits per heavy atom. The van der Waals surface area contributed by atoms with Crippen LogP contribution in [-0.2, 0) is 6.54 Å². The molecule has 3 rings (SSSR count). The molecule has 2 atom stereocenters. The van der Waals surface area contributed by atoms with Crippen molar-refractivity contribution in [1.29, 1.82) is 0 Å². The second kappa shape index (κ2) is 4.79. The number of hydrogen-bond acceptors (Lipinski definition) is 5. The van der Waals surface area contributed by atoms with Crippen LogP contribution in [0.2, 0.25) is 5.15 Å². The van der Waals surface area contributed by atoms with E-state index in [0.29, 0.717) is 17.1 Å². The Bertz CT molecular complexity index is 638. The normalized spacial score (nSPS) is 22.4. The number of nitrogens with zero attached hydrogens (tertiary/aromatic N) is 4. The minimum atomic E-state index is 0.148. The lowest BCUT2D eigenvalue weighted by Crippen LogP contribution is -2.10. The number of rotatable bonds is 3. The maximum Gasteiger partial charge on any atom is 0.223 e. The monoisotopic (exact) mass is 279 g/mol. The highest BCUT2D eigenvalue weighted by Crippen LogP contribution is 2.26. The highest BCUT2D eigenvalue weighted by Gasteiger charge is 2.20. The lowest BCUT2D eigenvalue weighted by Gasteiger charge is -2.11. The van der Waals surface area contributed by atoms with E-state index >= 15 is 0 Å². The van der Waals surface area contributed by atoms with E-state index in [9.17, 15) is 0 Å². The standard InChI is InChI=1S/C12H14ClN5O/c13-10-9-11(17-12(14)16-10)18(6-15-9)4-7-1-2-8(3-7)5-19/h1-2,6-8,19H,3-5H2,(H2,14,16,17). The number of aromatic nitrogens is 4. The Hall–Kier alpha value is -1.66. The number of nitrogen functional groups attached to an aromatic ring is 1. The molecule has 0 saturated heterocycles. The Kier molecular flexibility index (Phi) is 3.12. The molecular weight excluding hydrogens is 266 g/mol. The van der Waals surface area contributed by atoms with Crippen molar-refractivity contribution in [3.05, 3.63) is 23.6 Å². The lowest BCUT2D eigenvalue weighted by molar-refractivity contribution is 0.242. The molecule has 19 heavy (non-hydrogen) atoms. The molecule has 0 bridgehead atoms. The summed E-state index contributed by atoms with van der Waals surface area (Å²) in [7, 11) is 0. The number of hydrogen-bond donors (Lipinski definition) is 2. The quantitative estimate of drug-likeness (QED) is 0.652. The van der Waals surface area contributed by atoms with Crippen LogP contribution in [-0.4, -0.2) is 31.2 Å². The summed E-state index contributed by atoms with van der Waals surface area (Å²) in [5.41, 5.74) is 6.83. The van der Waals surface area contributed by atoms with E-state index in [4.69, 9.17) is 22.4 Å². The molecule has 1 aliphatic rings. The van der Waals surface area contributed by atoms with Gasteiger partial charge in [0.25, 0.3) is 0 Å². The smallest absolute Gasteiger partial charge is 0.223 e. The number of allylic oxidation sites excluding steroid dienone is 1. The van der Waals surface area contributed by atoms with Crippen molar-refractivity contribution in [1.82, 2.24) is 19.5 Å². The molecule has 7 heteroatoms. The van der Waals surface area contributed by atoms with Crippen LogP contribution in [0.15, 0.2) is 18.5 Å². The third kappa shape index (κ3) is 2.29. The van der Waals surface area contributed by atoms with Gasteiger partial charge in [0.05, 0.1) is 6.33 Å². The predicted octanol–water partition coefficient (Wildman–Crippen LogP) is 1.25. The van der Waals surface area contributed by atoms with Gasteiger partial charge in [0.15, 0.2) is 10.8 Å². The van der Waals surface area contributed by atoms with E-state index in [1.54, 1.807) is 6.33 Å². The summed E-state index contributed by atoms with van der Waals surface area (Å²) in [4.78, 5) is 12.3. The fraction of sp³-hybridized carbons (Fsp3) is 0.417. The number of aliphatic hydroxyl groups excluding tert-OH is 1. The molecule has 0 aromatic carbocycles. The first kappa shape index (κ1) is 12.4. The zero-order valence-corrected chi connectivity index (χ0v) is 11.0. The molecule has 0 fully saturated rings. The average Bonchev–Trinajstić information content (AvgIpc) is 2.97. The van der Waals surface area contributed by atoms with Gasteiger partial charge in [-0.25, -0.2) is 4.98 Å². The fourth-order valence-corrected chi connectivity index (χ4v) is 2.66. The van der Waals surface area contributed by atoms with E-state index < -0.39 is 0 Å². The van der Waals surface area contributed by atoms with Crippen LogP contribution in [0.4, 0.5) is 5.95 Å². The average molecular weight is 280 g/mol. The van der Waals surface area contributed by atoms with Crippen LogP contribution in [0.5, 0.6) is 0 Å². The summed E-state index contributed by atoms with van der Waals surface area (Å²) in [6, 6.07) is 0. The van der Waals surface area contributed by atoms with Crippen molar-refractivity contribution < 1.29 is 5.11 Å². The van der Waals surface area contributed by atoms with E-state index in [1.807, 2.05) is 4.57 Å². The molecule has 2 unspecified atom stereocenters. The van der Waals surface area contributed by atoms with Crippen LogP contribution in [0.1, 0.15) is 6.42 Å². The number of fused-ring (bicyclic) bond motifs is 1. The summed E-state index contributed by atoms with van der Waals surface area (Å²) >= 11 is 5.98. The molecular formula is C12H14ClN5O. The minimum Gasteiger partial charge on any atom is -0.396 e. The third-order valence-electron chi connectivity index (χ3n) is 3.37. The molecule has 0 saturated carbocycles. The largest absolute Gasteiger partial charge is 0.396 e. The van der Waals surface area contributed by atoms with Gasteiger partial charge in [0.2, 0.25) is 5.95 Å². The van der Waals surface area contributed by atoms with Crippen LogP contribution < -0.4 is 5.73 Å². The summed E-state index contributed by atoms with van der Waals surface area (Å²) < 4.78 is 1.92. The maximum absolute atomic E-state index is 9.13. The summed E-state index contributed by atoms with van der Waals surface area (Å²) in [5, 5.41) is 9.40. The molecule has 100 valence electrons. The van der Waals surface area contributed by atoms with Crippen molar-refractivity contribution in [2.75, 3.05) is 12.3 Å². The first-order valence-electron chi connectivity index (χ1n) is 6.10. The van der Waals surface area contributed by atoms with Crippen LogP contribution in [0, 0.1) is 11.8 Å². The van der Waals surface area contributed by atoms with Gasteiger partial charge in [-0.05, 0) is 12.3 Å². The van der Waals surface area contributed by atoms with Crippen molar-refractivity contribution in [3.8, 4) is 0 Å². The van der Waals surface area contributed by atoms with Gasteiger partial charge in [-0.15, -0.1) is 0 Å². The van der Waals surface area contributed by atoms with Crippen LogP contribution in [0.3, 0.4) is 0 Å². The zero-order chi connectivity index (χ0) is 13.4. The molecule has 0 aliphatic heterocycles. The molecule has 2 aromatic rings. The SMILES string of the molecule is Nc1nc(Cl)c2ncn(CC3C=CC(CO)C3)c2n1. The first-order valence-corrected chi connectivity index (χ1v) is 6.48. The Morgan fingerprint density at radius 1 is 1.37 bits per heavy atom. The molecule has 2 heterocycles. The van der Waals surface area contributed by atoms with Gasteiger partial charge in [-0.1, -0.05) is 23.8 Å². The number of anilines is 1. The van der Waals surface area contributed by atoms with Gasteiger partial charge >= 0.3 is 0 Å².